The lowest BCUT2D eigenvalue weighted by Crippen LogP contribution is -2.59. The summed E-state index contributed by atoms with van der Waals surface area (Å²) < 4.78 is 19.2. The molecule has 2 aliphatic heterocycles. The van der Waals surface area contributed by atoms with E-state index >= 15 is 0 Å². The van der Waals surface area contributed by atoms with Crippen molar-refractivity contribution in [3.63, 3.8) is 0 Å². The number of alkyl carbamates (subject to hydrolysis) is 2. The normalized spacial score (nSPS) is 47.5. The van der Waals surface area contributed by atoms with Gasteiger partial charge in [0.2, 0.25) is 0 Å². The van der Waals surface area contributed by atoms with Gasteiger partial charge in [-0.25, -0.2) is 9.59 Å². The molecule has 2 heterocycles. The molecule has 11 atom stereocenters. The van der Waals surface area contributed by atoms with Crippen LogP contribution >= 0.6 is 0 Å². The van der Waals surface area contributed by atoms with Gasteiger partial charge in [0.05, 0.1) is 18.2 Å². The molecule has 0 aromatic rings. The molecule has 8 nitrogen and oxygen atoms in total. The van der Waals surface area contributed by atoms with Crippen molar-refractivity contribution in [2.24, 2.45) is 50.7 Å². The molecule has 2 spiro atoms. The van der Waals surface area contributed by atoms with E-state index in [9.17, 15) is 9.59 Å². The Labute approximate surface area is 265 Å². The predicted octanol–water partition coefficient (Wildman–Crippen LogP) is 6.42. The van der Waals surface area contributed by atoms with Crippen molar-refractivity contribution in [2.75, 3.05) is 19.6 Å². The molecule has 44 heavy (non-hydrogen) atoms. The van der Waals surface area contributed by atoms with Crippen molar-refractivity contribution < 1.29 is 23.8 Å². The summed E-state index contributed by atoms with van der Waals surface area (Å²) >= 11 is 0. The summed E-state index contributed by atoms with van der Waals surface area (Å²) in [6.45, 7) is 18.5. The van der Waals surface area contributed by atoms with E-state index in [1.807, 2.05) is 6.92 Å². The van der Waals surface area contributed by atoms with Crippen molar-refractivity contribution >= 4 is 12.2 Å². The van der Waals surface area contributed by atoms with E-state index in [0.29, 0.717) is 29.2 Å². The second kappa shape index (κ2) is 10.5. The highest BCUT2D eigenvalue weighted by atomic mass is 16.6. The average molecular weight is 614 g/mol. The smallest absolute Gasteiger partial charge is 0.407 e. The molecular formula is C36H59N3O5. The quantitative estimate of drug-likeness (QED) is 0.320. The van der Waals surface area contributed by atoms with Crippen LogP contribution in [-0.4, -0.2) is 62.3 Å². The van der Waals surface area contributed by atoms with Crippen molar-refractivity contribution in [1.29, 1.82) is 0 Å². The monoisotopic (exact) mass is 613 g/mol. The minimum Gasteiger partial charge on any atom is -0.446 e. The van der Waals surface area contributed by atoms with Crippen molar-refractivity contribution in [3.8, 4) is 0 Å². The molecule has 2 amide bonds. The number of fused-ring (bicyclic) bond motifs is 4. The molecule has 0 aromatic carbocycles. The van der Waals surface area contributed by atoms with Gasteiger partial charge in [0.25, 0.3) is 0 Å². The van der Waals surface area contributed by atoms with E-state index in [0.717, 1.165) is 38.3 Å². The first-order chi connectivity index (χ1) is 20.8. The summed E-state index contributed by atoms with van der Waals surface area (Å²) in [5.41, 5.74) is 1.36. The van der Waals surface area contributed by atoms with Gasteiger partial charge in [0.1, 0.15) is 12.2 Å². The summed E-state index contributed by atoms with van der Waals surface area (Å²) in [6.07, 6.45) is 11.4. The maximum absolute atomic E-state index is 12.8. The highest BCUT2D eigenvalue weighted by Gasteiger charge is 2.83. The molecule has 4 unspecified atom stereocenters. The number of ether oxygens (including phenoxy) is 3. The van der Waals surface area contributed by atoms with Crippen LogP contribution in [-0.2, 0) is 14.2 Å². The molecule has 0 radical (unpaired) electrons. The van der Waals surface area contributed by atoms with Crippen LogP contribution < -0.4 is 16.0 Å². The Balaban J connectivity index is 1.08. The van der Waals surface area contributed by atoms with Gasteiger partial charge in [0.15, 0.2) is 0 Å². The fourth-order valence-electron chi connectivity index (χ4n) is 12.9. The molecule has 5 saturated carbocycles. The lowest BCUT2D eigenvalue weighted by molar-refractivity contribution is -0.164. The van der Waals surface area contributed by atoms with Crippen molar-refractivity contribution in [3.05, 3.63) is 0 Å². The van der Waals surface area contributed by atoms with Crippen LogP contribution in [0, 0.1) is 50.7 Å². The average Bonchev–Trinajstić information content (AvgIpc) is 3.54. The standard InChI is InChI=1S/C36H59N3O5/c1-8-38-30(40)44-29(21(2)3)24-10-9-23-25(42-24)17-34(7)27-12-11-26-32(4,5)28(43-31(41)39-22-18-37-19-22)13-14-35(26)20-36(27,35)16-15-33(23,34)6/h21-29,37H,8-20H2,1-7H3,(H,38,40)(H,39,41)/t23-,24?,25?,26-,27?,28-,29+,33?,34-,35+,36-/m0/s1. The van der Waals surface area contributed by atoms with E-state index in [4.69, 9.17) is 14.2 Å². The third kappa shape index (κ3) is 4.27. The van der Waals surface area contributed by atoms with E-state index in [1.165, 1.54) is 44.9 Å². The van der Waals surface area contributed by atoms with Crippen LogP contribution in [0.4, 0.5) is 9.59 Å². The number of amides is 2. The van der Waals surface area contributed by atoms with E-state index in [2.05, 4.69) is 57.5 Å². The Morgan fingerprint density at radius 1 is 0.909 bits per heavy atom. The van der Waals surface area contributed by atoms with Crippen LogP contribution in [0.25, 0.3) is 0 Å². The van der Waals surface area contributed by atoms with E-state index in [1.54, 1.807) is 0 Å². The number of carbonyl (C=O) groups excluding carboxylic acids is 2. The minimum atomic E-state index is -0.326. The van der Waals surface area contributed by atoms with Crippen molar-refractivity contribution in [1.82, 2.24) is 16.0 Å². The largest absolute Gasteiger partial charge is 0.446 e. The Bertz CT molecular complexity index is 1160. The highest BCUT2D eigenvalue weighted by molar-refractivity contribution is 5.68. The summed E-state index contributed by atoms with van der Waals surface area (Å²) in [5, 5.41) is 9.10. The molecule has 2 saturated heterocycles. The third-order valence-corrected chi connectivity index (χ3v) is 15.3. The first kappa shape index (κ1) is 31.1. The predicted molar refractivity (Wildman–Crippen MR) is 169 cm³/mol. The van der Waals surface area contributed by atoms with Gasteiger partial charge < -0.3 is 30.2 Å². The molecule has 248 valence electrons. The second-order valence-electron chi connectivity index (χ2n) is 17.5. The fraction of sp³-hybridized carbons (Fsp3) is 0.944. The number of hydrogen-bond acceptors (Lipinski definition) is 6. The van der Waals surface area contributed by atoms with E-state index in [-0.39, 0.29) is 64.8 Å². The van der Waals surface area contributed by atoms with Gasteiger partial charge in [-0.1, -0.05) is 41.5 Å². The first-order valence-corrected chi connectivity index (χ1v) is 18.1. The summed E-state index contributed by atoms with van der Waals surface area (Å²) in [7, 11) is 0. The number of nitrogens with one attached hydrogen (secondary N) is 3. The van der Waals surface area contributed by atoms with Gasteiger partial charge in [-0.2, -0.15) is 0 Å². The topological polar surface area (TPSA) is 97.9 Å². The maximum Gasteiger partial charge on any atom is 0.407 e. The SMILES string of the molecule is CCNC(=O)O[C@H](C(C)C)C1CC[C@H]2C(C[C@@]3(C)C4CC[C@H]5C(C)(C)[C@@H](OC(=O)NC6CNC6)CC[C@@]56C[C@@]46CCC23C)O1. The second-order valence-corrected chi connectivity index (χ2v) is 17.5. The molecule has 3 N–H and O–H groups in total. The summed E-state index contributed by atoms with van der Waals surface area (Å²) in [4.78, 5) is 25.2. The highest BCUT2D eigenvalue weighted by Crippen LogP contribution is 2.89. The Morgan fingerprint density at radius 3 is 2.32 bits per heavy atom. The molecule has 7 aliphatic rings. The Hall–Kier alpha value is -1.54. The van der Waals surface area contributed by atoms with Crippen LogP contribution in [0.3, 0.4) is 0 Å². The Morgan fingerprint density at radius 2 is 1.64 bits per heavy atom. The number of carbonyl (C=O) groups is 2. The lowest BCUT2D eigenvalue weighted by atomic mass is 9.42. The van der Waals surface area contributed by atoms with Crippen molar-refractivity contribution in [2.45, 2.75) is 143 Å². The van der Waals surface area contributed by atoms with Gasteiger partial charge in [-0.05, 0) is 116 Å². The molecule has 8 heteroatoms. The number of hydrogen-bond donors (Lipinski definition) is 3. The summed E-state index contributed by atoms with van der Waals surface area (Å²) in [5.74, 6) is 2.13. The first-order valence-electron chi connectivity index (χ1n) is 18.1. The van der Waals surface area contributed by atoms with Gasteiger partial charge in [-0.3, -0.25) is 0 Å². The molecular weight excluding hydrogens is 554 g/mol. The zero-order valence-electron chi connectivity index (χ0n) is 28.4. The Kier molecular flexibility index (Phi) is 7.41. The van der Waals surface area contributed by atoms with E-state index < -0.39 is 0 Å². The minimum absolute atomic E-state index is 0.0139. The lowest BCUT2D eigenvalue weighted by Gasteiger charge is -2.63. The van der Waals surface area contributed by atoms with Crippen LogP contribution in [0.5, 0.6) is 0 Å². The van der Waals surface area contributed by atoms with Crippen LogP contribution in [0.2, 0.25) is 0 Å². The fourth-order valence-corrected chi connectivity index (χ4v) is 12.9. The number of rotatable bonds is 6. The molecule has 7 rings (SSSR count). The van der Waals surface area contributed by atoms with Crippen LogP contribution in [0.15, 0.2) is 0 Å². The zero-order valence-corrected chi connectivity index (χ0v) is 28.4. The van der Waals surface area contributed by atoms with Crippen LogP contribution in [0.1, 0.15) is 113 Å². The third-order valence-electron chi connectivity index (χ3n) is 15.3. The summed E-state index contributed by atoms with van der Waals surface area (Å²) in [6, 6.07) is 0.207. The van der Waals surface area contributed by atoms with Gasteiger partial charge >= 0.3 is 12.2 Å². The maximum atomic E-state index is 12.8. The van der Waals surface area contributed by atoms with Gasteiger partial charge in [-0.15, -0.1) is 0 Å². The molecule has 0 bridgehead atoms. The van der Waals surface area contributed by atoms with Gasteiger partial charge in [0, 0.05) is 25.0 Å². The molecule has 5 aliphatic carbocycles. The zero-order chi connectivity index (χ0) is 31.3. The molecule has 7 fully saturated rings. The molecule has 0 aromatic heterocycles.